The van der Waals surface area contributed by atoms with Crippen molar-refractivity contribution in [3.8, 4) is 0 Å². The number of nitrogens with one attached hydrogen (secondary N) is 2. The summed E-state index contributed by atoms with van der Waals surface area (Å²) in [6.07, 6.45) is -2.84. The van der Waals surface area contributed by atoms with Crippen LogP contribution >= 0.6 is 24.0 Å². The van der Waals surface area contributed by atoms with Crippen molar-refractivity contribution in [2.45, 2.75) is 25.1 Å². The number of benzene rings is 2. The first-order chi connectivity index (χ1) is 12.0. The summed E-state index contributed by atoms with van der Waals surface area (Å²) in [7, 11) is 0. The van der Waals surface area contributed by atoms with Crippen LogP contribution in [0, 0.1) is 0 Å². The summed E-state index contributed by atoms with van der Waals surface area (Å²) in [5, 5.41) is 6.29. The molecule has 3 nitrogen and oxygen atoms in total. The van der Waals surface area contributed by atoms with Crippen molar-refractivity contribution in [1.29, 1.82) is 0 Å². The normalized spacial score (nSPS) is 18.6. The van der Waals surface area contributed by atoms with E-state index in [9.17, 15) is 13.2 Å². The molecule has 0 radical (unpaired) electrons. The van der Waals surface area contributed by atoms with Crippen LogP contribution in [-0.4, -0.2) is 19.0 Å². The Bertz CT molecular complexity index is 825. The van der Waals surface area contributed by atoms with Gasteiger partial charge in [0.05, 0.1) is 5.56 Å². The fourth-order valence-corrected chi connectivity index (χ4v) is 3.50. The highest BCUT2D eigenvalue weighted by Gasteiger charge is 2.33. The summed E-state index contributed by atoms with van der Waals surface area (Å²) < 4.78 is 39.7. The van der Waals surface area contributed by atoms with Crippen molar-refractivity contribution in [1.82, 2.24) is 10.6 Å². The predicted molar refractivity (Wildman–Crippen MR) is 106 cm³/mol. The molecule has 0 spiro atoms. The molecule has 2 aliphatic rings. The van der Waals surface area contributed by atoms with Crippen LogP contribution < -0.4 is 10.6 Å². The van der Waals surface area contributed by atoms with E-state index in [4.69, 9.17) is 4.99 Å². The van der Waals surface area contributed by atoms with Crippen LogP contribution in [0.4, 0.5) is 13.2 Å². The second kappa shape index (κ2) is 7.46. The van der Waals surface area contributed by atoms with E-state index in [1.807, 2.05) is 24.3 Å². The number of rotatable bonds is 1. The lowest BCUT2D eigenvalue weighted by Gasteiger charge is -2.19. The molecule has 2 aromatic rings. The number of hydrogen-bond donors (Lipinski definition) is 2. The highest BCUT2D eigenvalue weighted by Crippen LogP contribution is 2.39. The smallest absolute Gasteiger partial charge is 0.355 e. The SMILES string of the molecule is FC(F)(F)c1ccc2c(c1)C(N=C1NCCN1)c1ccccc1CC2.I. The molecule has 2 aromatic carbocycles. The van der Waals surface area contributed by atoms with Gasteiger partial charge < -0.3 is 10.6 Å². The number of aryl methyl sites for hydroxylation is 2. The van der Waals surface area contributed by atoms with Crippen molar-refractivity contribution in [3.63, 3.8) is 0 Å². The highest BCUT2D eigenvalue weighted by atomic mass is 127. The van der Waals surface area contributed by atoms with Crippen molar-refractivity contribution < 1.29 is 13.2 Å². The van der Waals surface area contributed by atoms with E-state index in [1.54, 1.807) is 6.07 Å². The Labute approximate surface area is 167 Å². The van der Waals surface area contributed by atoms with Crippen LogP contribution in [0.2, 0.25) is 0 Å². The van der Waals surface area contributed by atoms with Crippen molar-refractivity contribution >= 4 is 29.9 Å². The molecule has 1 aliphatic heterocycles. The molecule has 7 heteroatoms. The van der Waals surface area contributed by atoms with E-state index in [2.05, 4.69) is 10.6 Å². The number of fused-ring (bicyclic) bond motifs is 2. The van der Waals surface area contributed by atoms with Gasteiger partial charge in [-0.05, 0) is 47.2 Å². The number of aliphatic imine (C=N–C) groups is 1. The van der Waals surface area contributed by atoms with Gasteiger partial charge in [-0.15, -0.1) is 24.0 Å². The van der Waals surface area contributed by atoms with E-state index in [1.165, 1.54) is 12.1 Å². The molecule has 1 aliphatic carbocycles. The lowest BCUT2D eigenvalue weighted by molar-refractivity contribution is -0.137. The standard InChI is InChI=1S/C19H18F3N3.HI/c20-19(21,22)14-8-7-13-6-5-12-3-1-2-4-15(12)17(16(13)11-14)25-18-23-9-10-24-18;/h1-4,7-8,11,17H,5-6,9-10H2,(H2,23,24,25);1H. The fraction of sp³-hybridized carbons (Fsp3) is 0.316. The largest absolute Gasteiger partial charge is 0.416 e. The van der Waals surface area contributed by atoms with Gasteiger partial charge in [0.2, 0.25) is 0 Å². The second-order valence-electron chi connectivity index (χ2n) is 6.34. The monoisotopic (exact) mass is 473 g/mol. The molecular weight excluding hydrogens is 454 g/mol. The fourth-order valence-electron chi connectivity index (χ4n) is 3.50. The molecule has 138 valence electrons. The van der Waals surface area contributed by atoms with Gasteiger partial charge in [0, 0.05) is 13.1 Å². The molecular formula is C19H19F3IN3. The Hall–Kier alpha value is -1.77. The molecule has 0 bridgehead atoms. The number of nitrogens with zero attached hydrogens (tertiary/aromatic N) is 1. The first-order valence-corrected chi connectivity index (χ1v) is 8.36. The Kier molecular flexibility index (Phi) is 5.45. The third-order valence-electron chi connectivity index (χ3n) is 4.75. The van der Waals surface area contributed by atoms with Crippen LogP contribution in [0.5, 0.6) is 0 Å². The van der Waals surface area contributed by atoms with E-state index >= 15 is 0 Å². The second-order valence-corrected chi connectivity index (χ2v) is 6.34. The van der Waals surface area contributed by atoms with Crippen molar-refractivity contribution in [2.75, 3.05) is 13.1 Å². The summed E-state index contributed by atoms with van der Waals surface area (Å²) in [4.78, 5) is 4.73. The van der Waals surface area contributed by atoms with Gasteiger partial charge in [-0.3, -0.25) is 0 Å². The number of alkyl halides is 3. The van der Waals surface area contributed by atoms with Gasteiger partial charge in [0.25, 0.3) is 0 Å². The zero-order chi connectivity index (χ0) is 17.4. The number of guanidine groups is 1. The average molecular weight is 473 g/mol. The van der Waals surface area contributed by atoms with Crippen LogP contribution in [0.15, 0.2) is 47.5 Å². The van der Waals surface area contributed by atoms with Gasteiger partial charge in [-0.1, -0.05) is 30.3 Å². The van der Waals surface area contributed by atoms with E-state index in [-0.39, 0.29) is 24.0 Å². The minimum absolute atomic E-state index is 0. The number of halogens is 4. The maximum atomic E-state index is 13.2. The molecule has 0 amide bonds. The predicted octanol–water partition coefficient (Wildman–Crippen LogP) is 4.06. The Balaban J connectivity index is 0.00000196. The maximum Gasteiger partial charge on any atom is 0.416 e. The Morgan fingerprint density at radius 3 is 2.23 bits per heavy atom. The third kappa shape index (κ3) is 3.67. The molecule has 1 heterocycles. The van der Waals surface area contributed by atoms with Gasteiger partial charge >= 0.3 is 6.18 Å². The van der Waals surface area contributed by atoms with Crippen molar-refractivity contribution in [2.24, 2.45) is 4.99 Å². The van der Waals surface area contributed by atoms with Crippen LogP contribution in [0.25, 0.3) is 0 Å². The molecule has 4 rings (SSSR count). The Morgan fingerprint density at radius 1 is 0.885 bits per heavy atom. The molecule has 1 fully saturated rings. The highest BCUT2D eigenvalue weighted by molar-refractivity contribution is 14.0. The molecule has 1 saturated heterocycles. The quantitative estimate of drug-likeness (QED) is 0.614. The summed E-state index contributed by atoms with van der Waals surface area (Å²) in [6, 6.07) is 11.5. The molecule has 0 saturated carbocycles. The van der Waals surface area contributed by atoms with Gasteiger partial charge in [-0.2, -0.15) is 13.2 Å². The van der Waals surface area contributed by atoms with Crippen molar-refractivity contribution in [3.05, 3.63) is 70.3 Å². The molecule has 0 aromatic heterocycles. The average Bonchev–Trinajstić information content (AvgIpc) is 3.05. The minimum Gasteiger partial charge on any atom is -0.355 e. The van der Waals surface area contributed by atoms with Crippen LogP contribution in [0.3, 0.4) is 0 Å². The summed E-state index contributed by atoms with van der Waals surface area (Å²) in [5.41, 5.74) is 3.06. The molecule has 1 atom stereocenters. The van der Waals surface area contributed by atoms with Crippen LogP contribution in [-0.2, 0) is 19.0 Å². The van der Waals surface area contributed by atoms with E-state index in [0.29, 0.717) is 17.9 Å². The maximum absolute atomic E-state index is 13.2. The summed E-state index contributed by atoms with van der Waals surface area (Å²) in [5.74, 6) is 0.644. The zero-order valence-electron chi connectivity index (χ0n) is 13.9. The van der Waals surface area contributed by atoms with E-state index in [0.717, 1.165) is 36.2 Å². The van der Waals surface area contributed by atoms with Gasteiger partial charge in [0.15, 0.2) is 5.96 Å². The minimum atomic E-state index is -4.36. The van der Waals surface area contributed by atoms with E-state index < -0.39 is 17.8 Å². The lowest BCUT2D eigenvalue weighted by atomic mass is 9.93. The van der Waals surface area contributed by atoms with Gasteiger partial charge in [0.1, 0.15) is 6.04 Å². The number of hydrogen-bond acceptors (Lipinski definition) is 1. The summed E-state index contributed by atoms with van der Waals surface area (Å²) in [6.45, 7) is 1.53. The zero-order valence-corrected chi connectivity index (χ0v) is 16.3. The third-order valence-corrected chi connectivity index (χ3v) is 4.75. The van der Waals surface area contributed by atoms with Crippen LogP contribution in [0.1, 0.15) is 33.9 Å². The first kappa shape index (κ1) is 19.0. The molecule has 2 N–H and O–H groups in total. The van der Waals surface area contributed by atoms with Gasteiger partial charge in [-0.25, -0.2) is 4.99 Å². The Morgan fingerprint density at radius 2 is 1.54 bits per heavy atom. The molecule has 1 unspecified atom stereocenters. The first-order valence-electron chi connectivity index (χ1n) is 8.36. The summed E-state index contributed by atoms with van der Waals surface area (Å²) >= 11 is 0. The lowest BCUT2D eigenvalue weighted by Crippen LogP contribution is -2.25. The molecule has 26 heavy (non-hydrogen) atoms. The topological polar surface area (TPSA) is 36.4 Å².